The fraction of sp³-hybridized carbons (Fsp3) is 0.632. The maximum absolute atomic E-state index is 15.5. The second-order valence-electron chi connectivity index (χ2n) is 15.9. The van der Waals surface area contributed by atoms with Crippen molar-refractivity contribution in [3.63, 3.8) is 0 Å². The third-order valence-corrected chi connectivity index (χ3v) is 15.2. The number of ketones is 2. The minimum atomic E-state index is -0.688. The Morgan fingerprint density at radius 3 is 1.24 bits per heavy atom. The number of fused-ring (bicyclic) bond motifs is 4. The molecular weight excluding hydrogens is 648 g/mol. The molecule has 6 rings (SSSR count). The van der Waals surface area contributed by atoms with Gasteiger partial charge < -0.3 is 0 Å². The molecule has 0 amide bonds. The molecule has 0 saturated heterocycles. The summed E-state index contributed by atoms with van der Waals surface area (Å²) in [4.78, 5) is 31.2. The molecule has 0 aliphatic heterocycles. The fourth-order valence-corrected chi connectivity index (χ4v) is 13.1. The van der Waals surface area contributed by atoms with Crippen LogP contribution in [-0.2, 0) is 22.4 Å². The Hall–Kier alpha value is -1.26. The third-order valence-electron chi connectivity index (χ3n) is 13.9. The summed E-state index contributed by atoms with van der Waals surface area (Å²) in [5.41, 5.74) is 0.0726. The van der Waals surface area contributed by atoms with Gasteiger partial charge in [0.15, 0.2) is 0 Å². The lowest BCUT2D eigenvalue weighted by Crippen LogP contribution is -2.61. The smallest absolute Gasteiger partial charge is 0.146 e. The Morgan fingerprint density at radius 1 is 0.619 bits per heavy atom. The van der Waals surface area contributed by atoms with Crippen LogP contribution in [0.2, 0.25) is 0 Å². The first kappa shape index (κ1) is 30.8. The van der Waals surface area contributed by atoms with E-state index in [1.165, 1.54) is 11.1 Å². The largest absolute Gasteiger partial charge is 0.298 e. The van der Waals surface area contributed by atoms with Gasteiger partial charge in [-0.15, -0.1) is 0 Å². The first-order chi connectivity index (χ1) is 19.7. The number of hydrogen-bond acceptors (Lipinski definition) is 2. The van der Waals surface area contributed by atoms with E-state index >= 15 is 9.59 Å². The monoisotopic (exact) mass is 694 g/mol. The molecule has 2 aromatic rings. The number of carbonyl (C=O) groups is 2. The SMILES string of the molecule is CC1(C)[C@@H]2CC[C@@]1(C)C(=O)[C@@]2(C[C@H](Br)Cc1ccccc1)[C@]1(C[C@H](Br)Cc2ccccc2)C(=O)[C@@]2(C)CC[C@H]1C2(C)C. The van der Waals surface area contributed by atoms with Crippen LogP contribution in [0, 0.1) is 44.3 Å². The summed E-state index contributed by atoms with van der Waals surface area (Å²) < 4.78 is 0. The molecule has 0 unspecified atom stereocenters. The van der Waals surface area contributed by atoms with Crippen molar-refractivity contribution in [3.05, 3.63) is 71.8 Å². The van der Waals surface area contributed by atoms with Crippen molar-refractivity contribution < 1.29 is 9.59 Å². The second-order valence-corrected chi connectivity index (χ2v) is 18.5. The van der Waals surface area contributed by atoms with Gasteiger partial charge in [0, 0.05) is 31.3 Å². The van der Waals surface area contributed by atoms with Crippen LogP contribution in [0.4, 0.5) is 0 Å². The van der Waals surface area contributed by atoms with Gasteiger partial charge in [0.05, 0.1) is 0 Å². The van der Waals surface area contributed by atoms with Crippen LogP contribution in [0.1, 0.15) is 91.2 Å². The highest BCUT2D eigenvalue weighted by Crippen LogP contribution is 2.83. The molecule has 4 fully saturated rings. The van der Waals surface area contributed by atoms with Crippen molar-refractivity contribution in [1.82, 2.24) is 0 Å². The van der Waals surface area contributed by atoms with Crippen molar-refractivity contribution in [2.45, 2.75) is 103 Å². The van der Waals surface area contributed by atoms with Crippen LogP contribution < -0.4 is 0 Å². The van der Waals surface area contributed by atoms with Gasteiger partial charge in [-0.2, -0.15) is 0 Å². The molecule has 0 spiro atoms. The van der Waals surface area contributed by atoms with E-state index in [9.17, 15) is 0 Å². The van der Waals surface area contributed by atoms with Crippen LogP contribution in [0.5, 0.6) is 0 Å². The van der Waals surface area contributed by atoms with E-state index < -0.39 is 21.7 Å². The first-order valence-corrected chi connectivity index (χ1v) is 18.0. The normalized spacial score (nSPS) is 39.1. The molecule has 4 heteroatoms. The van der Waals surface area contributed by atoms with Crippen molar-refractivity contribution in [1.29, 1.82) is 0 Å². The topological polar surface area (TPSA) is 34.1 Å². The van der Waals surface area contributed by atoms with Gasteiger partial charge >= 0.3 is 0 Å². The molecule has 4 aliphatic rings. The van der Waals surface area contributed by atoms with Gasteiger partial charge in [0.25, 0.3) is 0 Å². The zero-order valence-corrected chi connectivity index (χ0v) is 29.5. The molecule has 4 bridgehead atoms. The fourth-order valence-electron chi connectivity index (χ4n) is 11.3. The van der Waals surface area contributed by atoms with Crippen LogP contribution in [-0.4, -0.2) is 21.2 Å². The maximum atomic E-state index is 15.5. The minimum Gasteiger partial charge on any atom is -0.298 e. The zero-order chi connectivity index (χ0) is 30.3. The predicted molar refractivity (Wildman–Crippen MR) is 179 cm³/mol. The quantitative estimate of drug-likeness (QED) is 0.245. The molecule has 2 nitrogen and oxygen atoms in total. The van der Waals surface area contributed by atoms with Gasteiger partial charge in [-0.25, -0.2) is 0 Å². The molecule has 2 aromatic carbocycles. The van der Waals surface area contributed by atoms with Crippen LogP contribution in [0.25, 0.3) is 0 Å². The molecule has 8 atom stereocenters. The number of rotatable bonds is 9. The summed E-state index contributed by atoms with van der Waals surface area (Å²) in [6.07, 6.45) is 7.11. The molecule has 226 valence electrons. The van der Waals surface area contributed by atoms with Gasteiger partial charge in [0.1, 0.15) is 11.6 Å². The second kappa shape index (κ2) is 10.1. The molecule has 0 N–H and O–H groups in total. The highest BCUT2D eigenvalue weighted by molar-refractivity contribution is 9.09. The summed E-state index contributed by atoms with van der Waals surface area (Å²) in [6.45, 7) is 13.9. The van der Waals surface area contributed by atoms with Crippen molar-refractivity contribution >= 4 is 43.4 Å². The number of hydrogen-bond donors (Lipinski definition) is 0. The van der Waals surface area contributed by atoms with E-state index in [1.807, 2.05) is 0 Å². The molecule has 42 heavy (non-hydrogen) atoms. The van der Waals surface area contributed by atoms with Crippen molar-refractivity contribution in [3.8, 4) is 0 Å². The zero-order valence-electron chi connectivity index (χ0n) is 26.3. The number of benzene rings is 2. The average Bonchev–Trinajstić information content (AvgIpc) is 3.42. The maximum Gasteiger partial charge on any atom is 0.146 e. The lowest BCUT2D eigenvalue weighted by atomic mass is 9.45. The molecular formula is C38H48Br2O2. The molecule has 0 heterocycles. The van der Waals surface area contributed by atoms with E-state index in [0.717, 1.165) is 51.4 Å². The summed E-state index contributed by atoms with van der Waals surface area (Å²) in [5, 5.41) is 0. The predicted octanol–water partition coefficient (Wildman–Crippen LogP) is 9.80. The minimum absolute atomic E-state index is 0.116. The number of halogens is 2. The Bertz CT molecular complexity index is 1260. The summed E-state index contributed by atoms with van der Waals surface area (Å²) >= 11 is 8.29. The van der Waals surface area contributed by atoms with Gasteiger partial charge in [-0.1, -0.05) is 134 Å². The number of Topliss-reactive ketones (excluding diaryl/α,β-unsaturated/α-hetero) is 2. The van der Waals surface area contributed by atoms with Gasteiger partial charge in [0.2, 0.25) is 0 Å². The summed E-state index contributed by atoms with van der Waals surface area (Å²) in [6, 6.07) is 21.3. The molecule has 4 saturated carbocycles. The first-order valence-electron chi connectivity index (χ1n) is 16.1. The van der Waals surface area contributed by atoms with E-state index in [-0.39, 0.29) is 32.3 Å². The van der Waals surface area contributed by atoms with E-state index in [0.29, 0.717) is 11.6 Å². The molecule has 0 radical (unpaired) electrons. The molecule has 4 aliphatic carbocycles. The molecule has 0 aromatic heterocycles. The summed E-state index contributed by atoms with van der Waals surface area (Å²) in [5.74, 6) is 1.18. The Morgan fingerprint density at radius 2 is 0.952 bits per heavy atom. The van der Waals surface area contributed by atoms with Crippen molar-refractivity contribution in [2.24, 2.45) is 44.3 Å². The Labute approximate surface area is 270 Å². The Kier molecular flexibility index (Phi) is 7.42. The van der Waals surface area contributed by atoms with Crippen LogP contribution >= 0.6 is 31.9 Å². The number of carbonyl (C=O) groups excluding carboxylic acids is 2. The van der Waals surface area contributed by atoms with Gasteiger partial charge in [-0.3, -0.25) is 9.59 Å². The van der Waals surface area contributed by atoms with E-state index in [4.69, 9.17) is 0 Å². The highest BCUT2D eigenvalue weighted by Gasteiger charge is 2.85. The van der Waals surface area contributed by atoms with Crippen LogP contribution in [0.15, 0.2) is 60.7 Å². The van der Waals surface area contributed by atoms with E-state index in [1.54, 1.807) is 0 Å². The lowest BCUT2D eigenvalue weighted by molar-refractivity contribution is -0.166. The van der Waals surface area contributed by atoms with Crippen molar-refractivity contribution in [2.75, 3.05) is 0 Å². The van der Waals surface area contributed by atoms with Crippen LogP contribution in [0.3, 0.4) is 0 Å². The lowest BCUT2D eigenvalue weighted by Gasteiger charge is -2.56. The van der Waals surface area contributed by atoms with E-state index in [2.05, 4.69) is 134 Å². The highest BCUT2D eigenvalue weighted by atomic mass is 79.9. The average molecular weight is 697 g/mol. The standard InChI is InChI=1S/C38H48Br2O2/c1-33(2)29-17-19-35(33,5)31(41)37(29,23-27(39)21-25-13-9-7-10-14-25)38(24-28(40)22-26-15-11-8-12-16-26)30-18-20-36(6,32(38)42)34(30,3)4/h7-16,27-30H,17-24H2,1-6H3/t27-,28-,29+,30+,35-,36+,37+,38+/m1/s1. The number of alkyl halides is 2. The third kappa shape index (κ3) is 3.85. The Balaban J connectivity index is 1.53. The summed E-state index contributed by atoms with van der Waals surface area (Å²) in [7, 11) is 0. The van der Waals surface area contributed by atoms with Gasteiger partial charge in [-0.05, 0) is 85.2 Å².